The highest BCUT2D eigenvalue weighted by atomic mass is 16.2. The van der Waals surface area contributed by atoms with Crippen LogP contribution >= 0.6 is 0 Å². The van der Waals surface area contributed by atoms with E-state index >= 15 is 0 Å². The van der Waals surface area contributed by atoms with Crippen molar-refractivity contribution in [2.24, 2.45) is 0 Å². The summed E-state index contributed by atoms with van der Waals surface area (Å²) < 4.78 is 2.06. The molecule has 156 valence electrons. The molecular formula is C23H33N5O. The molecule has 2 aliphatic rings. The van der Waals surface area contributed by atoms with E-state index in [9.17, 15) is 4.79 Å². The highest BCUT2D eigenvalue weighted by Gasteiger charge is 2.30. The molecular weight excluding hydrogens is 362 g/mol. The maximum Gasteiger partial charge on any atom is 0.274 e. The third kappa shape index (κ3) is 4.69. The van der Waals surface area contributed by atoms with Gasteiger partial charge in [0, 0.05) is 49.3 Å². The van der Waals surface area contributed by atoms with E-state index in [1.807, 2.05) is 23.4 Å². The fourth-order valence-electron chi connectivity index (χ4n) is 4.69. The van der Waals surface area contributed by atoms with Gasteiger partial charge in [-0.2, -0.15) is 5.10 Å². The van der Waals surface area contributed by atoms with Crippen LogP contribution in [0.4, 0.5) is 0 Å². The molecule has 4 rings (SSSR count). The second-order valence-corrected chi connectivity index (χ2v) is 8.30. The maximum atomic E-state index is 13.3. The van der Waals surface area contributed by atoms with Crippen LogP contribution in [-0.2, 0) is 25.8 Å². The van der Waals surface area contributed by atoms with E-state index in [4.69, 9.17) is 5.10 Å². The molecule has 1 unspecified atom stereocenters. The van der Waals surface area contributed by atoms with Crippen LogP contribution in [0, 0.1) is 0 Å². The first-order valence-corrected chi connectivity index (χ1v) is 11.3. The fraction of sp³-hybridized carbons (Fsp3) is 0.609. The van der Waals surface area contributed by atoms with Crippen LogP contribution in [-0.4, -0.2) is 51.2 Å². The van der Waals surface area contributed by atoms with Crippen LogP contribution in [0.1, 0.15) is 66.3 Å². The molecule has 6 nitrogen and oxygen atoms in total. The fourth-order valence-corrected chi connectivity index (χ4v) is 4.69. The summed E-state index contributed by atoms with van der Waals surface area (Å²) in [7, 11) is 0. The van der Waals surface area contributed by atoms with Gasteiger partial charge in [0.25, 0.3) is 5.91 Å². The van der Waals surface area contributed by atoms with Crippen LogP contribution in [0.15, 0.2) is 24.5 Å². The number of carbonyl (C=O) groups excluding carboxylic acids is 1. The summed E-state index contributed by atoms with van der Waals surface area (Å²) in [4.78, 5) is 19.5. The predicted octanol–water partition coefficient (Wildman–Crippen LogP) is 3.00. The summed E-state index contributed by atoms with van der Waals surface area (Å²) in [6, 6.07) is 4.52. The topological polar surface area (TPSA) is 63.1 Å². The molecule has 1 N–H and O–H groups in total. The highest BCUT2D eigenvalue weighted by Crippen LogP contribution is 2.26. The standard InChI is InChI=1S/C23H33N5O/c1-2-28-21-10-9-19(25-13-11-18-8-7-12-24-17-18)16-20(21)22(26-28)23(29)27-14-5-3-4-6-15-27/h7-8,12,17,19,25H,2-6,9-11,13-16H2,1H3. The summed E-state index contributed by atoms with van der Waals surface area (Å²) >= 11 is 0. The Morgan fingerprint density at radius 1 is 1.24 bits per heavy atom. The average Bonchev–Trinajstić information content (AvgIpc) is 2.92. The Hall–Kier alpha value is -2.21. The zero-order chi connectivity index (χ0) is 20.1. The normalized spacial score (nSPS) is 19.6. The van der Waals surface area contributed by atoms with E-state index in [0.717, 1.165) is 64.7 Å². The number of amides is 1. The van der Waals surface area contributed by atoms with Gasteiger partial charge in [-0.1, -0.05) is 18.9 Å². The number of nitrogens with one attached hydrogen (secondary N) is 1. The van der Waals surface area contributed by atoms with Crippen molar-refractivity contribution in [3.63, 3.8) is 0 Å². The minimum atomic E-state index is 0.145. The minimum absolute atomic E-state index is 0.145. The molecule has 0 spiro atoms. The molecule has 1 amide bonds. The van der Waals surface area contributed by atoms with E-state index in [1.165, 1.54) is 29.7 Å². The largest absolute Gasteiger partial charge is 0.337 e. The van der Waals surface area contributed by atoms with Crippen LogP contribution < -0.4 is 5.32 Å². The molecule has 1 aliphatic carbocycles. The van der Waals surface area contributed by atoms with Crippen molar-refractivity contribution in [2.45, 2.75) is 70.9 Å². The number of rotatable bonds is 6. The van der Waals surface area contributed by atoms with Gasteiger partial charge in [0.05, 0.1) is 0 Å². The Bertz CT molecular complexity index is 808. The van der Waals surface area contributed by atoms with Crippen molar-refractivity contribution < 1.29 is 4.79 Å². The van der Waals surface area contributed by atoms with Gasteiger partial charge in [0.15, 0.2) is 5.69 Å². The molecule has 2 aromatic heterocycles. The van der Waals surface area contributed by atoms with Gasteiger partial charge in [-0.25, -0.2) is 0 Å². The number of aromatic nitrogens is 3. The van der Waals surface area contributed by atoms with Gasteiger partial charge < -0.3 is 10.2 Å². The second kappa shape index (κ2) is 9.53. The van der Waals surface area contributed by atoms with Crippen molar-refractivity contribution in [3.05, 3.63) is 47.0 Å². The smallest absolute Gasteiger partial charge is 0.274 e. The number of carbonyl (C=O) groups is 1. The monoisotopic (exact) mass is 395 g/mol. The molecule has 1 aliphatic heterocycles. The van der Waals surface area contributed by atoms with Crippen molar-refractivity contribution >= 4 is 5.91 Å². The van der Waals surface area contributed by atoms with E-state index in [2.05, 4.69) is 28.0 Å². The number of hydrogen-bond donors (Lipinski definition) is 1. The molecule has 29 heavy (non-hydrogen) atoms. The Balaban J connectivity index is 1.44. The van der Waals surface area contributed by atoms with Crippen molar-refractivity contribution in [3.8, 4) is 0 Å². The van der Waals surface area contributed by atoms with Crippen LogP contribution in [0.2, 0.25) is 0 Å². The quantitative estimate of drug-likeness (QED) is 0.817. The van der Waals surface area contributed by atoms with Crippen molar-refractivity contribution in [2.75, 3.05) is 19.6 Å². The van der Waals surface area contributed by atoms with Gasteiger partial charge >= 0.3 is 0 Å². The number of aryl methyl sites for hydroxylation is 1. The lowest BCUT2D eigenvalue weighted by Gasteiger charge is -2.25. The van der Waals surface area contributed by atoms with E-state index in [0.29, 0.717) is 11.7 Å². The van der Waals surface area contributed by atoms with Gasteiger partial charge in [-0.3, -0.25) is 14.5 Å². The predicted molar refractivity (Wildman–Crippen MR) is 114 cm³/mol. The molecule has 6 heteroatoms. The zero-order valence-electron chi connectivity index (χ0n) is 17.6. The van der Waals surface area contributed by atoms with Crippen molar-refractivity contribution in [1.29, 1.82) is 0 Å². The van der Waals surface area contributed by atoms with Gasteiger partial charge in [-0.05, 0) is 63.6 Å². The Labute approximate surface area is 173 Å². The average molecular weight is 396 g/mol. The van der Waals surface area contributed by atoms with E-state index < -0.39 is 0 Å². The first-order valence-electron chi connectivity index (χ1n) is 11.3. The molecule has 0 radical (unpaired) electrons. The summed E-state index contributed by atoms with van der Waals surface area (Å²) in [5, 5.41) is 8.47. The van der Waals surface area contributed by atoms with Crippen LogP contribution in [0.3, 0.4) is 0 Å². The molecule has 0 aromatic carbocycles. The van der Waals surface area contributed by atoms with Crippen molar-refractivity contribution in [1.82, 2.24) is 25.0 Å². The molecule has 3 heterocycles. The van der Waals surface area contributed by atoms with Crippen LogP contribution in [0.25, 0.3) is 0 Å². The zero-order valence-corrected chi connectivity index (χ0v) is 17.6. The van der Waals surface area contributed by atoms with E-state index in [-0.39, 0.29) is 5.91 Å². The third-order valence-corrected chi connectivity index (χ3v) is 6.31. The summed E-state index contributed by atoms with van der Waals surface area (Å²) in [6.07, 6.45) is 12.4. The number of pyridine rings is 1. The first kappa shape index (κ1) is 20.1. The summed E-state index contributed by atoms with van der Waals surface area (Å²) in [5.74, 6) is 0.145. The Morgan fingerprint density at radius 2 is 2.07 bits per heavy atom. The molecule has 0 saturated carbocycles. The van der Waals surface area contributed by atoms with Crippen LogP contribution in [0.5, 0.6) is 0 Å². The lowest BCUT2D eigenvalue weighted by Crippen LogP contribution is -2.37. The SMILES string of the molecule is CCn1nc(C(=O)N2CCCCCC2)c2c1CCC(NCCc1cccnc1)C2. The Kier molecular flexibility index (Phi) is 6.60. The number of hydrogen-bond acceptors (Lipinski definition) is 4. The summed E-state index contributed by atoms with van der Waals surface area (Å²) in [5.41, 5.74) is 4.43. The Morgan fingerprint density at radius 3 is 2.79 bits per heavy atom. The molecule has 1 saturated heterocycles. The second-order valence-electron chi connectivity index (χ2n) is 8.30. The highest BCUT2D eigenvalue weighted by molar-refractivity contribution is 5.94. The van der Waals surface area contributed by atoms with Gasteiger partial charge in [0.1, 0.15) is 0 Å². The number of fused-ring (bicyclic) bond motifs is 1. The molecule has 1 atom stereocenters. The van der Waals surface area contributed by atoms with Gasteiger partial charge in [-0.15, -0.1) is 0 Å². The lowest BCUT2D eigenvalue weighted by atomic mass is 9.91. The molecule has 2 aromatic rings. The summed E-state index contributed by atoms with van der Waals surface area (Å²) in [6.45, 7) is 5.63. The van der Waals surface area contributed by atoms with Gasteiger partial charge in [0.2, 0.25) is 0 Å². The first-order chi connectivity index (χ1) is 14.3. The molecule has 1 fully saturated rings. The third-order valence-electron chi connectivity index (χ3n) is 6.31. The number of nitrogens with zero attached hydrogens (tertiary/aromatic N) is 4. The van der Waals surface area contributed by atoms with E-state index in [1.54, 1.807) is 0 Å². The lowest BCUT2D eigenvalue weighted by molar-refractivity contribution is 0.0753. The maximum absolute atomic E-state index is 13.3. The minimum Gasteiger partial charge on any atom is -0.337 e. The number of likely N-dealkylation sites (tertiary alicyclic amines) is 1. The molecule has 0 bridgehead atoms.